The molecule has 1 aliphatic carbocycles. The van der Waals surface area contributed by atoms with E-state index in [1.54, 1.807) is 7.11 Å². The highest BCUT2D eigenvalue weighted by Gasteiger charge is 2.25. The minimum Gasteiger partial charge on any atom is -0.497 e. The number of ether oxygens (including phenoxy) is 1. The fourth-order valence-electron chi connectivity index (χ4n) is 2.39. The number of hydrogen-bond acceptors (Lipinski definition) is 2. The highest BCUT2D eigenvalue weighted by atomic mass is 35.5. The third-order valence-electron chi connectivity index (χ3n) is 3.60. The average Bonchev–Trinajstić information content (AvgIpc) is 3.05. The zero-order valence-electron chi connectivity index (χ0n) is 10.5. The molecule has 0 bridgehead atoms. The van der Waals surface area contributed by atoms with Gasteiger partial charge in [0.1, 0.15) is 5.75 Å². The molecule has 1 fully saturated rings. The molecule has 1 atom stereocenters. The number of fused-ring (bicyclic) bond motifs is 1. The zero-order chi connectivity index (χ0) is 11.8. The van der Waals surface area contributed by atoms with E-state index in [1.165, 1.54) is 23.8 Å². The molecule has 98 valence electrons. The van der Waals surface area contributed by atoms with E-state index in [9.17, 15) is 0 Å². The van der Waals surface area contributed by atoms with Crippen LogP contribution in [-0.4, -0.2) is 12.1 Å². The van der Waals surface area contributed by atoms with Crippen LogP contribution in [0.15, 0.2) is 24.4 Å². The predicted molar refractivity (Wildman–Crippen MR) is 76.4 cm³/mol. The van der Waals surface area contributed by atoms with Gasteiger partial charge in [0, 0.05) is 23.1 Å². The second kappa shape index (κ2) is 5.21. The first-order valence-corrected chi connectivity index (χ1v) is 6.18. The number of aromatic amines is 1. The third-order valence-corrected chi connectivity index (χ3v) is 3.60. The summed E-state index contributed by atoms with van der Waals surface area (Å²) in [5.74, 6) is 1.73. The van der Waals surface area contributed by atoms with E-state index >= 15 is 0 Å². The first-order chi connectivity index (χ1) is 8.28. The molecule has 3 nitrogen and oxygen atoms in total. The molecule has 0 unspecified atom stereocenters. The molecular formula is C14H19ClN2O. The first kappa shape index (κ1) is 13.2. The Hall–Kier alpha value is -1.19. The summed E-state index contributed by atoms with van der Waals surface area (Å²) in [7, 11) is 1.69. The number of hydrogen-bond donors (Lipinski definition) is 2. The minimum absolute atomic E-state index is 0. The van der Waals surface area contributed by atoms with E-state index in [0.717, 1.165) is 23.6 Å². The van der Waals surface area contributed by atoms with E-state index in [-0.39, 0.29) is 18.4 Å². The number of methoxy groups -OCH3 is 1. The molecule has 3 N–H and O–H groups in total. The van der Waals surface area contributed by atoms with Crippen molar-refractivity contribution in [2.45, 2.75) is 25.3 Å². The van der Waals surface area contributed by atoms with E-state index in [0.29, 0.717) is 0 Å². The Balaban J connectivity index is 0.00000120. The highest BCUT2D eigenvalue weighted by molar-refractivity contribution is 5.85. The van der Waals surface area contributed by atoms with Gasteiger partial charge in [0.15, 0.2) is 0 Å². The minimum atomic E-state index is 0. The molecule has 0 aliphatic heterocycles. The molecule has 1 aliphatic rings. The van der Waals surface area contributed by atoms with Crippen LogP contribution in [0.4, 0.5) is 0 Å². The number of nitrogens with one attached hydrogen (secondary N) is 1. The molecule has 1 aromatic carbocycles. The summed E-state index contributed by atoms with van der Waals surface area (Å²) in [4.78, 5) is 3.28. The fraction of sp³-hybridized carbons (Fsp3) is 0.429. The van der Waals surface area contributed by atoms with Crippen molar-refractivity contribution in [3.05, 3.63) is 30.0 Å². The Morgan fingerprint density at radius 1 is 1.44 bits per heavy atom. The molecule has 18 heavy (non-hydrogen) atoms. The molecule has 1 saturated carbocycles. The molecule has 0 saturated heterocycles. The summed E-state index contributed by atoms with van der Waals surface area (Å²) >= 11 is 0. The summed E-state index contributed by atoms with van der Waals surface area (Å²) in [5.41, 5.74) is 8.62. The molecule has 1 heterocycles. The van der Waals surface area contributed by atoms with Crippen molar-refractivity contribution < 1.29 is 4.74 Å². The van der Waals surface area contributed by atoms with Crippen LogP contribution < -0.4 is 10.5 Å². The number of H-pyrrole nitrogens is 1. The fourth-order valence-corrected chi connectivity index (χ4v) is 2.39. The molecule has 0 spiro atoms. The monoisotopic (exact) mass is 266 g/mol. The van der Waals surface area contributed by atoms with Gasteiger partial charge in [-0.2, -0.15) is 0 Å². The lowest BCUT2D eigenvalue weighted by Gasteiger charge is -2.10. The van der Waals surface area contributed by atoms with E-state index in [2.05, 4.69) is 11.1 Å². The summed E-state index contributed by atoms with van der Waals surface area (Å²) in [5, 5.41) is 1.19. The first-order valence-electron chi connectivity index (χ1n) is 6.18. The number of halogens is 1. The number of rotatable bonds is 4. The molecule has 4 heteroatoms. The Morgan fingerprint density at radius 3 is 2.89 bits per heavy atom. The number of benzene rings is 1. The smallest absolute Gasteiger partial charge is 0.119 e. The lowest BCUT2D eigenvalue weighted by atomic mass is 10.0. The largest absolute Gasteiger partial charge is 0.497 e. The van der Waals surface area contributed by atoms with Gasteiger partial charge in [-0.1, -0.05) is 12.8 Å². The Kier molecular flexibility index (Phi) is 3.83. The van der Waals surface area contributed by atoms with Crippen LogP contribution in [0.1, 0.15) is 30.9 Å². The topological polar surface area (TPSA) is 51.0 Å². The second-order valence-corrected chi connectivity index (χ2v) is 4.94. The van der Waals surface area contributed by atoms with E-state index in [4.69, 9.17) is 10.5 Å². The summed E-state index contributed by atoms with van der Waals surface area (Å²) in [6.45, 7) is 0. The molecule has 2 aromatic rings. The van der Waals surface area contributed by atoms with Crippen LogP contribution in [0.5, 0.6) is 5.75 Å². The highest BCUT2D eigenvalue weighted by Crippen LogP contribution is 2.38. The maximum Gasteiger partial charge on any atom is 0.119 e. The average molecular weight is 267 g/mol. The lowest BCUT2D eigenvalue weighted by molar-refractivity contribution is 0.415. The zero-order valence-corrected chi connectivity index (χ0v) is 11.3. The van der Waals surface area contributed by atoms with Gasteiger partial charge in [-0.3, -0.25) is 0 Å². The van der Waals surface area contributed by atoms with Gasteiger partial charge in [-0.05, 0) is 36.1 Å². The Morgan fingerprint density at radius 2 is 2.22 bits per heavy atom. The number of aromatic nitrogens is 1. The van der Waals surface area contributed by atoms with Gasteiger partial charge >= 0.3 is 0 Å². The predicted octanol–water partition coefficient (Wildman–Crippen LogP) is 3.40. The van der Waals surface area contributed by atoms with Gasteiger partial charge in [0.2, 0.25) is 0 Å². The van der Waals surface area contributed by atoms with Gasteiger partial charge < -0.3 is 15.5 Å². The Bertz CT molecular complexity index is 534. The summed E-state index contributed by atoms with van der Waals surface area (Å²) < 4.78 is 5.27. The molecule has 3 rings (SSSR count). The second-order valence-electron chi connectivity index (χ2n) is 4.94. The third kappa shape index (κ3) is 2.47. The normalized spacial score (nSPS) is 16.3. The van der Waals surface area contributed by atoms with Crippen molar-refractivity contribution in [1.82, 2.24) is 4.98 Å². The Labute approximate surface area is 113 Å². The number of nitrogens with two attached hydrogens (primary N) is 1. The standard InChI is InChI=1S/C14H18N2O.ClH/c1-17-10-4-5-14-11(7-10)12(8-16-14)13(15)6-9-2-3-9;/h4-5,7-9,13,16H,2-3,6,15H2,1H3;1H/t13-;/m0./s1. The van der Waals surface area contributed by atoms with Gasteiger partial charge in [0.25, 0.3) is 0 Å². The van der Waals surface area contributed by atoms with Crippen LogP contribution in [0, 0.1) is 5.92 Å². The summed E-state index contributed by atoms with van der Waals surface area (Å²) in [6.07, 6.45) is 5.83. The molecular weight excluding hydrogens is 248 g/mol. The van der Waals surface area contributed by atoms with Crippen molar-refractivity contribution in [3.63, 3.8) is 0 Å². The van der Waals surface area contributed by atoms with Crippen molar-refractivity contribution in [3.8, 4) is 5.75 Å². The molecule has 0 amide bonds. The van der Waals surface area contributed by atoms with Gasteiger partial charge in [-0.15, -0.1) is 12.4 Å². The van der Waals surface area contributed by atoms with Crippen LogP contribution in [0.25, 0.3) is 10.9 Å². The quantitative estimate of drug-likeness (QED) is 0.891. The van der Waals surface area contributed by atoms with Crippen molar-refractivity contribution >= 4 is 23.3 Å². The molecule has 0 radical (unpaired) electrons. The van der Waals surface area contributed by atoms with Crippen molar-refractivity contribution in [2.75, 3.05) is 7.11 Å². The maximum atomic E-state index is 6.28. The van der Waals surface area contributed by atoms with Crippen LogP contribution in [0.3, 0.4) is 0 Å². The van der Waals surface area contributed by atoms with Crippen LogP contribution in [-0.2, 0) is 0 Å². The van der Waals surface area contributed by atoms with E-state index < -0.39 is 0 Å². The van der Waals surface area contributed by atoms with Crippen molar-refractivity contribution in [2.24, 2.45) is 11.7 Å². The lowest BCUT2D eigenvalue weighted by Crippen LogP contribution is -2.10. The van der Waals surface area contributed by atoms with E-state index in [1.807, 2.05) is 18.3 Å². The SMILES string of the molecule is COc1ccc2[nH]cc([C@@H](N)CC3CC3)c2c1.Cl. The van der Waals surface area contributed by atoms with Crippen molar-refractivity contribution in [1.29, 1.82) is 0 Å². The maximum absolute atomic E-state index is 6.28. The summed E-state index contributed by atoms with van der Waals surface area (Å²) in [6, 6.07) is 6.22. The van der Waals surface area contributed by atoms with Crippen LogP contribution in [0.2, 0.25) is 0 Å². The van der Waals surface area contributed by atoms with Crippen LogP contribution >= 0.6 is 12.4 Å². The van der Waals surface area contributed by atoms with Gasteiger partial charge in [-0.25, -0.2) is 0 Å². The van der Waals surface area contributed by atoms with Gasteiger partial charge in [0.05, 0.1) is 7.11 Å². The molecule has 1 aromatic heterocycles.